The SMILES string of the molecule is CCN(c1ncnc2c1ncn2[C@@H]1O[C@H](CO)[C@@H](O)[C@H]1O)C1CCCC1. The van der Waals surface area contributed by atoms with Crippen LogP contribution in [0.1, 0.15) is 38.8 Å². The number of fused-ring (bicyclic) bond motifs is 1. The molecule has 0 amide bonds. The Labute approximate surface area is 151 Å². The second-order valence-electron chi connectivity index (χ2n) is 6.97. The van der Waals surface area contributed by atoms with E-state index >= 15 is 0 Å². The van der Waals surface area contributed by atoms with Crippen molar-refractivity contribution in [3.63, 3.8) is 0 Å². The molecule has 9 heteroatoms. The summed E-state index contributed by atoms with van der Waals surface area (Å²) >= 11 is 0. The third-order valence-electron chi connectivity index (χ3n) is 5.51. The van der Waals surface area contributed by atoms with Crippen LogP contribution in [0.2, 0.25) is 0 Å². The molecule has 0 radical (unpaired) electrons. The molecule has 1 saturated carbocycles. The summed E-state index contributed by atoms with van der Waals surface area (Å²) in [6.45, 7) is 2.57. The normalized spacial score (nSPS) is 29.7. The number of aliphatic hydroxyl groups is 3. The van der Waals surface area contributed by atoms with E-state index in [9.17, 15) is 15.3 Å². The second-order valence-corrected chi connectivity index (χ2v) is 6.97. The number of hydrogen-bond donors (Lipinski definition) is 3. The molecular weight excluding hydrogens is 338 g/mol. The predicted molar refractivity (Wildman–Crippen MR) is 93.6 cm³/mol. The first-order valence-corrected chi connectivity index (χ1v) is 9.22. The number of rotatable bonds is 5. The summed E-state index contributed by atoms with van der Waals surface area (Å²) in [5, 5.41) is 29.6. The minimum Gasteiger partial charge on any atom is -0.394 e. The topological polar surface area (TPSA) is 117 Å². The van der Waals surface area contributed by atoms with Gasteiger partial charge in [0, 0.05) is 12.6 Å². The van der Waals surface area contributed by atoms with Crippen molar-refractivity contribution in [2.45, 2.75) is 63.2 Å². The maximum atomic E-state index is 10.3. The Morgan fingerprint density at radius 1 is 1.19 bits per heavy atom. The number of aromatic nitrogens is 4. The Balaban J connectivity index is 1.71. The van der Waals surface area contributed by atoms with Gasteiger partial charge in [0.2, 0.25) is 0 Å². The van der Waals surface area contributed by atoms with E-state index in [4.69, 9.17) is 4.74 Å². The van der Waals surface area contributed by atoms with Gasteiger partial charge in [-0.1, -0.05) is 12.8 Å². The molecule has 2 aliphatic rings. The van der Waals surface area contributed by atoms with Crippen LogP contribution < -0.4 is 4.90 Å². The van der Waals surface area contributed by atoms with Crippen molar-refractivity contribution >= 4 is 17.0 Å². The molecule has 3 N–H and O–H groups in total. The van der Waals surface area contributed by atoms with Gasteiger partial charge in [0.15, 0.2) is 23.2 Å². The van der Waals surface area contributed by atoms with Crippen molar-refractivity contribution < 1.29 is 20.1 Å². The molecule has 0 spiro atoms. The molecule has 9 nitrogen and oxygen atoms in total. The highest BCUT2D eigenvalue weighted by Gasteiger charge is 2.44. The highest BCUT2D eigenvalue weighted by Crippen LogP contribution is 2.34. The number of hydrogen-bond acceptors (Lipinski definition) is 8. The first kappa shape index (κ1) is 17.6. The first-order valence-electron chi connectivity index (χ1n) is 9.22. The average Bonchev–Trinajstić information content (AvgIpc) is 3.37. The van der Waals surface area contributed by atoms with Crippen molar-refractivity contribution in [3.8, 4) is 0 Å². The van der Waals surface area contributed by atoms with Gasteiger partial charge in [-0.3, -0.25) is 4.57 Å². The number of nitrogens with zero attached hydrogens (tertiary/aromatic N) is 5. The van der Waals surface area contributed by atoms with E-state index in [2.05, 4.69) is 26.8 Å². The van der Waals surface area contributed by atoms with E-state index < -0.39 is 24.5 Å². The molecule has 0 unspecified atom stereocenters. The van der Waals surface area contributed by atoms with Crippen LogP contribution in [0, 0.1) is 0 Å². The Morgan fingerprint density at radius 3 is 2.62 bits per heavy atom. The lowest BCUT2D eigenvalue weighted by molar-refractivity contribution is -0.0511. The number of imidazole rings is 1. The van der Waals surface area contributed by atoms with Gasteiger partial charge in [0.1, 0.15) is 24.6 Å². The predicted octanol–water partition coefficient (Wildman–Crippen LogP) is 0.207. The molecule has 4 atom stereocenters. The fourth-order valence-electron chi connectivity index (χ4n) is 4.14. The van der Waals surface area contributed by atoms with E-state index in [0.29, 0.717) is 17.2 Å². The molecule has 142 valence electrons. The molecule has 3 heterocycles. The lowest BCUT2D eigenvalue weighted by Crippen LogP contribution is -2.34. The average molecular weight is 363 g/mol. The molecule has 0 aromatic carbocycles. The fourth-order valence-corrected chi connectivity index (χ4v) is 4.14. The minimum absolute atomic E-state index is 0.368. The summed E-state index contributed by atoms with van der Waals surface area (Å²) < 4.78 is 7.22. The van der Waals surface area contributed by atoms with E-state index in [-0.39, 0.29) is 6.61 Å². The summed E-state index contributed by atoms with van der Waals surface area (Å²) in [4.78, 5) is 15.5. The van der Waals surface area contributed by atoms with Gasteiger partial charge >= 0.3 is 0 Å². The summed E-state index contributed by atoms with van der Waals surface area (Å²) in [6, 6.07) is 0.456. The van der Waals surface area contributed by atoms with E-state index in [0.717, 1.165) is 25.2 Å². The van der Waals surface area contributed by atoms with Gasteiger partial charge in [0.05, 0.1) is 12.9 Å². The Hall–Kier alpha value is -1.81. The molecule has 2 aromatic heterocycles. The minimum atomic E-state index is -1.17. The van der Waals surface area contributed by atoms with Gasteiger partial charge in [-0.25, -0.2) is 15.0 Å². The quantitative estimate of drug-likeness (QED) is 0.690. The van der Waals surface area contributed by atoms with Crippen LogP contribution in [0.5, 0.6) is 0 Å². The molecule has 4 rings (SSSR count). The summed E-state index contributed by atoms with van der Waals surface area (Å²) in [5.74, 6) is 0.787. The van der Waals surface area contributed by atoms with Gasteiger partial charge in [-0.2, -0.15) is 0 Å². The molecule has 1 aliphatic carbocycles. The van der Waals surface area contributed by atoms with Crippen LogP contribution in [0.3, 0.4) is 0 Å². The van der Waals surface area contributed by atoms with Crippen molar-refractivity contribution in [1.82, 2.24) is 19.5 Å². The largest absolute Gasteiger partial charge is 0.394 e. The first-order chi connectivity index (χ1) is 12.7. The Bertz CT molecular complexity index is 763. The molecule has 26 heavy (non-hydrogen) atoms. The lowest BCUT2D eigenvalue weighted by atomic mass is 10.1. The third kappa shape index (κ3) is 2.75. The Kier molecular flexibility index (Phi) is 4.78. The fraction of sp³-hybridized carbons (Fsp3) is 0.706. The molecule has 0 bridgehead atoms. The van der Waals surface area contributed by atoms with Crippen molar-refractivity contribution in [3.05, 3.63) is 12.7 Å². The van der Waals surface area contributed by atoms with Gasteiger partial charge in [-0.15, -0.1) is 0 Å². The molecule has 1 aliphatic heterocycles. The summed E-state index contributed by atoms with van der Waals surface area (Å²) in [7, 11) is 0. The van der Waals surface area contributed by atoms with E-state index in [1.54, 1.807) is 10.9 Å². The van der Waals surface area contributed by atoms with Crippen LogP contribution in [-0.2, 0) is 4.74 Å². The second kappa shape index (κ2) is 7.07. The zero-order chi connectivity index (χ0) is 18.3. The molecule has 2 aromatic rings. The highest BCUT2D eigenvalue weighted by molar-refractivity contribution is 5.83. The van der Waals surface area contributed by atoms with Crippen LogP contribution >= 0.6 is 0 Å². The maximum Gasteiger partial charge on any atom is 0.167 e. The smallest absolute Gasteiger partial charge is 0.167 e. The van der Waals surface area contributed by atoms with Crippen molar-refractivity contribution in [2.75, 3.05) is 18.1 Å². The zero-order valence-electron chi connectivity index (χ0n) is 14.8. The maximum absolute atomic E-state index is 10.3. The third-order valence-corrected chi connectivity index (χ3v) is 5.51. The zero-order valence-corrected chi connectivity index (χ0v) is 14.8. The number of aliphatic hydroxyl groups excluding tert-OH is 3. The van der Waals surface area contributed by atoms with Gasteiger partial charge < -0.3 is 25.0 Å². The molecule has 2 fully saturated rings. The molecular formula is C17H25N5O4. The summed E-state index contributed by atoms with van der Waals surface area (Å²) in [5.41, 5.74) is 1.19. The van der Waals surface area contributed by atoms with Crippen LogP contribution in [-0.4, -0.2) is 72.3 Å². The Morgan fingerprint density at radius 2 is 1.96 bits per heavy atom. The number of anilines is 1. The molecule has 1 saturated heterocycles. The van der Waals surface area contributed by atoms with Gasteiger partial charge in [-0.05, 0) is 19.8 Å². The van der Waals surface area contributed by atoms with Crippen LogP contribution in [0.15, 0.2) is 12.7 Å². The van der Waals surface area contributed by atoms with Crippen LogP contribution in [0.4, 0.5) is 5.82 Å². The van der Waals surface area contributed by atoms with Gasteiger partial charge in [0.25, 0.3) is 0 Å². The van der Waals surface area contributed by atoms with Crippen LogP contribution in [0.25, 0.3) is 11.2 Å². The lowest BCUT2D eigenvalue weighted by Gasteiger charge is -2.28. The number of ether oxygens (including phenoxy) is 1. The van der Waals surface area contributed by atoms with E-state index in [1.165, 1.54) is 19.2 Å². The monoisotopic (exact) mass is 363 g/mol. The summed E-state index contributed by atoms with van der Waals surface area (Å²) in [6.07, 6.45) is 3.79. The standard InChI is InChI=1S/C17H25N5O4/c1-2-21(10-5-3-4-6-10)15-12-16(19-8-18-15)22(9-20-12)17-14(25)13(24)11(7-23)26-17/h8-11,13-14,17,23-25H,2-7H2,1H3/t11-,13-,14-,17-/m1/s1. The van der Waals surface area contributed by atoms with Crippen molar-refractivity contribution in [2.24, 2.45) is 0 Å². The van der Waals surface area contributed by atoms with E-state index in [1.807, 2.05) is 0 Å². The highest BCUT2D eigenvalue weighted by atomic mass is 16.6. The van der Waals surface area contributed by atoms with Crippen molar-refractivity contribution in [1.29, 1.82) is 0 Å².